The van der Waals surface area contributed by atoms with Crippen LogP contribution in [0.15, 0.2) is 42.5 Å². The van der Waals surface area contributed by atoms with Gasteiger partial charge < -0.3 is 21.3 Å². The summed E-state index contributed by atoms with van der Waals surface area (Å²) >= 11 is 0. The molecule has 0 aliphatic heterocycles. The van der Waals surface area contributed by atoms with E-state index in [9.17, 15) is 4.79 Å². The topological polar surface area (TPSA) is 98.6 Å². The van der Waals surface area contributed by atoms with Crippen LogP contribution in [0, 0.1) is 0 Å². The molecule has 20 heavy (non-hydrogen) atoms. The van der Waals surface area contributed by atoms with Crippen LogP contribution in [0.5, 0.6) is 11.5 Å². The standard InChI is InChI=1S/C15H16N2O3/c16-14-11(15(17)19)5-3-7-13(14)20-12-6-2-1-4-10(12)8-9-18/h1-7,18H,8-9,16H2,(H2,17,19). The van der Waals surface area contributed by atoms with Crippen molar-refractivity contribution in [2.24, 2.45) is 5.73 Å². The molecular formula is C15H16N2O3. The first-order chi connectivity index (χ1) is 9.63. The summed E-state index contributed by atoms with van der Waals surface area (Å²) in [5, 5.41) is 9.04. The molecule has 0 aromatic heterocycles. The van der Waals surface area contributed by atoms with Crippen molar-refractivity contribution in [1.29, 1.82) is 0 Å². The second kappa shape index (κ2) is 6.08. The van der Waals surface area contributed by atoms with Crippen LogP contribution in [0.25, 0.3) is 0 Å². The van der Waals surface area contributed by atoms with Gasteiger partial charge in [0, 0.05) is 6.61 Å². The SMILES string of the molecule is NC(=O)c1cccc(Oc2ccccc2CCO)c1N. The van der Waals surface area contributed by atoms with Crippen molar-refractivity contribution in [2.75, 3.05) is 12.3 Å². The first kappa shape index (κ1) is 13.9. The molecule has 2 aromatic rings. The Balaban J connectivity index is 2.35. The van der Waals surface area contributed by atoms with E-state index in [0.717, 1.165) is 5.56 Å². The summed E-state index contributed by atoms with van der Waals surface area (Å²) in [6.45, 7) is 0.0250. The number of nitrogen functional groups attached to an aromatic ring is 1. The van der Waals surface area contributed by atoms with Gasteiger partial charge in [0.05, 0.1) is 11.3 Å². The van der Waals surface area contributed by atoms with E-state index < -0.39 is 5.91 Å². The predicted octanol–water partition coefficient (Wildman–Crippen LogP) is 1.69. The maximum atomic E-state index is 11.2. The van der Waals surface area contributed by atoms with Crippen molar-refractivity contribution >= 4 is 11.6 Å². The van der Waals surface area contributed by atoms with Crippen LogP contribution in [0.1, 0.15) is 15.9 Å². The predicted molar refractivity (Wildman–Crippen MR) is 76.7 cm³/mol. The van der Waals surface area contributed by atoms with Crippen LogP contribution >= 0.6 is 0 Å². The molecule has 0 heterocycles. The number of aliphatic hydroxyl groups is 1. The van der Waals surface area contributed by atoms with Crippen LogP contribution in [0.4, 0.5) is 5.69 Å². The molecule has 0 saturated heterocycles. The van der Waals surface area contributed by atoms with E-state index in [1.807, 2.05) is 18.2 Å². The molecule has 2 aromatic carbocycles. The molecule has 0 aliphatic carbocycles. The van der Waals surface area contributed by atoms with Gasteiger partial charge in [0.2, 0.25) is 0 Å². The van der Waals surface area contributed by atoms with Crippen molar-refractivity contribution in [3.05, 3.63) is 53.6 Å². The number of primary amides is 1. The van der Waals surface area contributed by atoms with E-state index in [0.29, 0.717) is 17.9 Å². The van der Waals surface area contributed by atoms with Crippen LogP contribution < -0.4 is 16.2 Å². The number of rotatable bonds is 5. The third-order valence-corrected chi connectivity index (χ3v) is 2.91. The molecule has 0 radical (unpaired) electrons. The van der Waals surface area contributed by atoms with Gasteiger partial charge in [0.1, 0.15) is 5.75 Å². The lowest BCUT2D eigenvalue weighted by Crippen LogP contribution is -2.13. The largest absolute Gasteiger partial charge is 0.455 e. The summed E-state index contributed by atoms with van der Waals surface area (Å²) in [5.41, 5.74) is 12.4. The molecule has 0 fully saturated rings. The normalized spacial score (nSPS) is 10.2. The minimum Gasteiger partial charge on any atom is -0.455 e. The van der Waals surface area contributed by atoms with Crippen molar-refractivity contribution < 1.29 is 14.6 Å². The molecule has 5 nitrogen and oxygen atoms in total. The Kier molecular flexibility index (Phi) is 4.22. The third-order valence-electron chi connectivity index (χ3n) is 2.91. The highest BCUT2D eigenvalue weighted by molar-refractivity contribution is 5.99. The number of benzene rings is 2. The summed E-state index contributed by atoms with van der Waals surface area (Å²) in [6, 6.07) is 12.2. The van der Waals surface area contributed by atoms with Gasteiger partial charge in [-0.15, -0.1) is 0 Å². The summed E-state index contributed by atoms with van der Waals surface area (Å²) in [6.07, 6.45) is 0.478. The van der Waals surface area contributed by atoms with Crippen LogP contribution in [-0.4, -0.2) is 17.6 Å². The van der Waals surface area contributed by atoms with Gasteiger partial charge in [-0.25, -0.2) is 0 Å². The monoisotopic (exact) mass is 272 g/mol. The molecule has 0 atom stereocenters. The van der Waals surface area contributed by atoms with E-state index in [1.54, 1.807) is 24.3 Å². The number of para-hydroxylation sites is 2. The van der Waals surface area contributed by atoms with Gasteiger partial charge in [-0.3, -0.25) is 4.79 Å². The molecule has 0 spiro atoms. The highest BCUT2D eigenvalue weighted by Gasteiger charge is 2.12. The van der Waals surface area contributed by atoms with Gasteiger partial charge in [-0.1, -0.05) is 24.3 Å². The molecule has 0 aliphatic rings. The van der Waals surface area contributed by atoms with Crippen molar-refractivity contribution in [3.63, 3.8) is 0 Å². The Morgan fingerprint density at radius 3 is 2.50 bits per heavy atom. The number of nitrogens with two attached hydrogens (primary N) is 2. The zero-order valence-corrected chi connectivity index (χ0v) is 10.9. The van der Waals surface area contributed by atoms with E-state index in [4.69, 9.17) is 21.3 Å². The number of ether oxygens (including phenoxy) is 1. The van der Waals surface area contributed by atoms with Crippen LogP contribution in [0.3, 0.4) is 0 Å². The number of carbonyl (C=O) groups excluding carboxylic acids is 1. The average molecular weight is 272 g/mol. The Morgan fingerprint density at radius 1 is 1.10 bits per heavy atom. The molecule has 1 amide bonds. The molecule has 0 bridgehead atoms. The van der Waals surface area contributed by atoms with Crippen molar-refractivity contribution in [1.82, 2.24) is 0 Å². The number of amides is 1. The summed E-state index contributed by atoms with van der Waals surface area (Å²) in [4.78, 5) is 11.2. The molecule has 2 rings (SSSR count). The van der Waals surface area contributed by atoms with Crippen molar-refractivity contribution in [2.45, 2.75) is 6.42 Å². The molecule has 0 saturated carbocycles. The average Bonchev–Trinajstić information content (AvgIpc) is 2.43. The summed E-state index contributed by atoms with van der Waals surface area (Å²) in [5.74, 6) is 0.359. The first-order valence-electron chi connectivity index (χ1n) is 6.18. The van der Waals surface area contributed by atoms with E-state index in [1.165, 1.54) is 0 Å². The zero-order valence-electron chi connectivity index (χ0n) is 10.9. The fraction of sp³-hybridized carbons (Fsp3) is 0.133. The highest BCUT2D eigenvalue weighted by Crippen LogP contribution is 2.31. The van der Waals surface area contributed by atoms with Gasteiger partial charge in [-0.05, 0) is 30.2 Å². The summed E-state index contributed by atoms with van der Waals surface area (Å²) in [7, 11) is 0. The van der Waals surface area contributed by atoms with Gasteiger partial charge in [0.15, 0.2) is 5.75 Å². The Hall–Kier alpha value is -2.53. The molecule has 5 N–H and O–H groups in total. The smallest absolute Gasteiger partial charge is 0.250 e. The zero-order chi connectivity index (χ0) is 14.5. The number of aliphatic hydroxyl groups excluding tert-OH is 1. The Labute approximate surface area is 116 Å². The minimum absolute atomic E-state index is 0.0250. The summed E-state index contributed by atoms with van der Waals surface area (Å²) < 4.78 is 5.74. The van der Waals surface area contributed by atoms with Gasteiger partial charge in [0.25, 0.3) is 5.91 Å². The second-order valence-corrected chi connectivity index (χ2v) is 4.27. The maximum absolute atomic E-state index is 11.2. The molecular weight excluding hydrogens is 256 g/mol. The second-order valence-electron chi connectivity index (χ2n) is 4.27. The van der Waals surface area contributed by atoms with Crippen LogP contribution in [0.2, 0.25) is 0 Å². The van der Waals surface area contributed by atoms with E-state index >= 15 is 0 Å². The number of hydrogen-bond acceptors (Lipinski definition) is 4. The van der Waals surface area contributed by atoms with Crippen molar-refractivity contribution in [3.8, 4) is 11.5 Å². The fourth-order valence-corrected chi connectivity index (χ4v) is 1.90. The third kappa shape index (κ3) is 2.89. The number of carbonyl (C=O) groups is 1. The number of anilines is 1. The van der Waals surface area contributed by atoms with E-state index in [-0.39, 0.29) is 17.9 Å². The van der Waals surface area contributed by atoms with Crippen LogP contribution in [-0.2, 0) is 6.42 Å². The fourth-order valence-electron chi connectivity index (χ4n) is 1.90. The highest BCUT2D eigenvalue weighted by atomic mass is 16.5. The lowest BCUT2D eigenvalue weighted by atomic mass is 10.1. The lowest BCUT2D eigenvalue weighted by molar-refractivity contribution is 0.100. The Morgan fingerprint density at radius 2 is 1.80 bits per heavy atom. The minimum atomic E-state index is -0.600. The quantitative estimate of drug-likeness (QED) is 0.721. The Bertz CT molecular complexity index is 626. The lowest BCUT2D eigenvalue weighted by Gasteiger charge is -2.13. The van der Waals surface area contributed by atoms with E-state index in [2.05, 4.69) is 0 Å². The maximum Gasteiger partial charge on any atom is 0.250 e. The van der Waals surface area contributed by atoms with Gasteiger partial charge >= 0.3 is 0 Å². The molecule has 0 unspecified atom stereocenters. The molecule has 104 valence electrons. The number of hydrogen-bond donors (Lipinski definition) is 3. The first-order valence-corrected chi connectivity index (χ1v) is 6.18. The van der Waals surface area contributed by atoms with Gasteiger partial charge in [-0.2, -0.15) is 0 Å². The molecule has 5 heteroatoms.